The maximum atomic E-state index is 12.6. The van der Waals surface area contributed by atoms with Crippen molar-refractivity contribution in [3.63, 3.8) is 0 Å². The molecule has 4 rings (SSSR count). The van der Waals surface area contributed by atoms with Crippen molar-refractivity contribution in [2.75, 3.05) is 18.6 Å². The molecule has 2 amide bonds. The summed E-state index contributed by atoms with van der Waals surface area (Å²) in [5, 5.41) is 9.79. The zero-order valence-corrected chi connectivity index (χ0v) is 13.3. The summed E-state index contributed by atoms with van der Waals surface area (Å²) in [6.45, 7) is 0.0958. The Labute approximate surface area is 139 Å². The molecule has 0 bridgehead atoms. The lowest BCUT2D eigenvalue weighted by Crippen LogP contribution is -2.49. The number of anilines is 1. The SMILES string of the molecule is CN1C(=O)C(NC(=O)c2n[nH]c3c2CCC3)COc2ccccc21. The lowest BCUT2D eigenvalue weighted by atomic mass is 10.1. The molecule has 0 saturated carbocycles. The first-order valence-electron chi connectivity index (χ1n) is 8.01. The molecule has 7 heteroatoms. The van der Waals surface area contributed by atoms with E-state index in [0.717, 1.165) is 30.5 Å². The number of fused-ring (bicyclic) bond motifs is 2. The number of hydrogen-bond acceptors (Lipinski definition) is 4. The Morgan fingerprint density at radius 3 is 3.08 bits per heavy atom. The summed E-state index contributed by atoms with van der Waals surface area (Å²) >= 11 is 0. The minimum Gasteiger partial charge on any atom is -0.489 e. The van der Waals surface area contributed by atoms with Crippen molar-refractivity contribution in [1.82, 2.24) is 15.5 Å². The van der Waals surface area contributed by atoms with E-state index < -0.39 is 6.04 Å². The van der Waals surface area contributed by atoms with Crippen molar-refractivity contribution in [2.24, 2.45) is 0 Å². The molecule has 7 nitrogen and oxygen atoms in total. The first kappa shape index (κ1) is 14.7. The topological polar surface area (TPSA) is 87.3 Å². The summed E-state index contributed by atoms with van der Waals surface area (Å²) in [6, 6.07) is 6.58. The first-order valence-corrected chi connectivity index (χ1v) is 8.01. The molecule has 1 atom stereocenters. The number of hydrogen-bond donors (Lipinski definition) is 2. The summed E-state index contributed by atoms with van der Waals surface area (Å²) in [5.74, 6) is 0.0851. The molecule has 0 spiro atoms. The van der Waals surface area contributed by atoms with Crippen molar-refractivity contribution in [1.29, 1.82) is 0 Å². The third kappa shape index (κ3) is 2.33. The fourth-order valence-electron chi connectivity index (χ4n) is 3.29. The number of ether oxygens (including phenoxy) is 1. The average molecular weight is 326 g/mol. The fraction of sp³-hybridized carbons (Fsp3) is 0.353. The van der Waals surface area contributed by atoms with Crippen LogP contribution >= 0.6 is 0 Å². The Kier molecular flexibility index (Phi) is 3.48. The molecule has 2 aliphatic rings. The predicted octanol–water partition coefficient (Wildman–Crippen LogP) is 1.05. The first-order chi connectivity index (χ1) is 11.6. The second-order valence-corrected chi connectivity index (χ2v) is 6.08. The normalized spacial score (nSPS) is 19.3. The van der Waals surface area contributed by atoms with Crippen molar-refractivity contribution in [3.05, 3.63) is 41.2 Å². The van der Waals surface area contributed by atoms with Crippen LogP contribution in [-0.4, -0.2) is 41.7 Å². The second-order valence-electron chi connectivity index (χ2n) is 6.08. The zero-order valence-electron chi connectivity index (χ0n) is 13.3. The van der Waals surface area contributed by atoms with E-state index >= 15 is 0 Å². The summed E-state index contributed by atoms with van der Waals surface area (Å²) < 4.78 is 5.71. The van der Waals surface area contributed by atoms with Gasteiger partial charge in [0.15, 0.2) is 5.69 Å². The molecule has 1 aromatic carbocycles. The van der Waals surface area contributed by atoms with Gasteiger partial charge in [0, 0.05) is 18.3 Å². The van der Waals surface area contributed by atoms with Crippen LogP contribution in [0.3, 0.4) is 0 Å². The van der Waals surface area contributed by atoms with Crippen molar-refractivity contribution in [3.8, 4) is 5.75 Å². The van der Waals surface area contributed by atoms with Gasteiger partial charge in [-0.25, -0.2) is 0 Å². The highest BCUT2D eigenvalue weighted by atomic mass is 16.5. The maximum Gasteiger partial charge on any atom is 0.272 e. The largest absolute Gasteiger partial charge is 0.489 e. The minimum absolute atomic E-state index is 0.0958. The van der Waals surface area contributed by atoms with Gasteiger partial charge in [0.2, 0.25) is 0 Å². The van der Waals surface area contributed by atoms with Gasteiger partial charge in [-0.2, -0.15) is 5.10 Å². The van der Waals surface area contributed by atoms with E-state index in [9.17, 15) is 9.59 Å². The van der Waals surface area contributed by atoms with E-state index in [-0.39, 0.29) is 18.4 Å². The van der Waals surface area contributed by atoms with Crippen LogP contribution in [0, 0.1) is 0 Å². The van der Waals surface area contributed by atoms with Crippen LogP contribution in [0.1, 0.15) is 28.2 Å². The predicted molar refractivity (Wildman–Crippen MR) is 87.2 cm³/mol. The Hall–Kier alpha value is -2.83. The van der Waals surface area contributed by atoms with E-state index in [1.54, 1.807) is 7.05 Å². The highest BCUT2D eigenvalue weighted by molar-refractivity contribution is 6.03. The molecule has 1 unspecified atom stereocenters. The van der Waals surface area contributed by atoms with Crippen LogP contribution in [0.15, 0.2) is 24.3 Å². The number of likely N-dealkylation sites (N-methyl/N-ethyl adjacent to an activating group) is 1. The van der Waals surface area contributed by atoms with Crippen molar-refractivity contribution in [2.45, 2.75) is 25.3 Å². The number of H-pyrrole nitrogens is 1. The highest BCUT2D eigenvalue weighted by Gasteiger charge is 2.32. The Morgan fingerprint density at radius 2 is 2.21 bits per heavy atom. The molecular formula is C17H18N4O3. The standard InChI is InChI=1S/C17H18N4O3/c1-21-13-7-2-3-8-14(13)24-9-12(17(21)23)18-16(22)15-10-5-4-6-11(10)19-20-15/h2-3,7-8,12H,4-6,9H2,1H3,(H,18,22)(H,19,20). The molecule has 2 heterocycles. The lowest BCUT2D eigenvalue weighted by Gasteiger charge is -2.20. The van der Waals surface area contributed by atoms with Gasteiger partial charge in [-0.05, 0) is 31.4 Å². The number of benzene rings is 1. The lowest BCUT2D eigenvalue weighted by molar-refractivity contribution is -0.120. The van der Waals surface area contributed by atoms with Gasteiger partial charge in [-0.15, -0.1) is 0 Å². The molecule has 0 saturated heterocycles. The average Bonchev–Trinajstić information content (AvgIpc) is 3.18. The van der Waals surface area contributed by atoms with Gasteiger partial charge in [-0.1, -0.05) is 12.1 Å². The molecule has 24 heavy (non-hydrogen) atoms. The highest BCUT2D eigenvalue weighted by Crippen LogP contribution is 2.30. The Bertz CT molecular complexity index is 814. The van der Waals surface area contributed by atoms with Crippen molar-refractivity contribution < 1.29 is 14.3 Å². The molecule has 1 aromatic heterocycles. The van der Waals surface area contributed by atoms with Crippen molar-refractivity contribution >= 4 is 17.5 Å². The molecule has 1 aliphatic carbocycles. The number of carbonyl (C=O) groups is 2. The summed E-state index contributed by atoms with van der Waals surface area (Å²) in [7, 11) is 1.68. The van der Waals surface area contributed by atoms with Gasteiger partial charge in [0.1, 0.15) is 18.4 Å². The summed E-state index contributed by atoms with van der Waals surface area (Å²) in [4.78, 5) is 26.7. The van der Waals surface area contributed by atoms with Crippen LogP contribution in [0.5, 0.6) is 5.75 Å². The van der Waals surface area contributed by atoms with Crippen LogP contribution in [0.4, 0.5) is 5.69 Å². The monoisotopic (exact) mass is 326 g/mol. The van der Waals surface area contributed by atoms with E-state index in [1.807, 2.05) is 24.3 Å². The van der Waals surface area contributed by atoms with E-state index in [1.165, 1.54) is 4.90 Å². The third-order valence-corrected chi connectivity index (χ3v) is 4.59. The molecule has 0 fully saturated rings. The minimum atomic E-state index is -0.747. The summed E-state index contributed by atoms with van der Waals surface area (Å²) in [5.41, 5.74) is 3.07. The Balaban J connectivity index is 1.55. The maximum absolute atomic E-state index is 12.6. The van der Waals surface area contributed by atoms with Crippen LogP contribution in [0.25, 0.3) is 0 Å². The number of rotatable bonds is 2. The smallest absolute Gasteiger partial charge is 0.272 e. The van der Waals surface area contributed by atoms with Crippen LogP contribution < -0.4 is 15.0 Å². The number of carbonyl (C=O) groups excluding carboxylic acids is 2. The molecule has 0 radical (unpaired) electrons. The number of nitrogens with one attached hydrogen (secondary N) is 2. The quantitative estimate of drug-likeness (QED) is 0.864. The van der Waals surface area contributed by atoms with E-state index in [2.05, 4.69) is 15.5 Å². The molecule has 2 aromatic rings. The number of amides is 2. The third-order valence-electron chi connectivity index (χ3n) is 4.59. The molecule has 124 valence electrons. The molecular weight excluding hydrogens is 308 g/mol. The fourth-order valence-corrected chi connectivity index (χ4v) is 3.29. The summed E-state index contributed by atoms with van der Waals surface area (Å²) in [6.07, 6.45) is 2.78. The zero-order chi connectivity index (χ0) is 16.7. The van der Waals surface area contributed by atoms with Crippen LogP contribution in [0.2, 0.25) is 0 Å². The van der Waals surface area contributed by atoms with E-state index in [4.69, 9.17) is 4.74 Å². The number of nitrogens with zero attached hydrogens (tertiary/aromatic N) is 2. The van der Waals surface area contributed by atoms with Crippen LogP contribution in [-0.2, 0) is 17.6 Å². The molecule has 2 N–H and O–H groups in total. The number of aromatic nitrogens is 2. The van der Waals surface area contributed by atoms with Gasteiger partial charge < -0.3 is 15.0 Å². The van der Waals surface area contributed by atoms with Gasteiger partial charge in [0.25, 0.3) is 11.8 Å². The number of para-hydroxylation sites is 2. The van der Waals surface area contributed by atoms with Gasteiger partial charge in [0.05, 0.1) is 5.69 Å². The number of aryl methyl sites for hydroxylation is 1. The van der Waals surface area contributed by atoms with Gasteiger partial charge >= 0.3 is 0 Å². The Morgan fingerprint density at radius 1 is 1.38 bits per heavy atom. The van der Waals surface area contributed by atoms with E-state index in [0.29, 0.717) is 17.1 Å². The van der Waals surface area contributed by atoms with Gasteiger partial charge in [-0.3, -0.25) is 14.7 Å². The number of aromatic amines is 1. The second kappa shape index (κ2) is 5.67. The molecule has 1 aliphatic heterocycles.